The zero-order chi connectivity index (χ0) is 7.40. The minimum Gasteiger partial charge on any atom is -0.467 e. The van der Waals surface area contributed by atoms with Crippen LogP contribution in [0.4, 0.5) is 0 Å². The Kier molecular flexibility index (Phi) is 1.90. The van der Waals surface area contributed by atoms with Crippen molar-refractivity contribution in [2.24, 2.45) is 0 Å². The SMILES string of the molecule is COc1oncc1CC#N. The highest BCUT2D eigenvalue weighted by molar-refractivity contribution is 5.22. The predicted molar refractivity (Wildman–Crippen MR) is 32.4 cm³/mol. The van der Waals surface area contributed by atoms with Crippen molar-refractivity contribution in [3.05, 3.63) is 11.8 Å². The van der Waals surface area contributed by atoms with Crippen molar-refractivity contribution in [2.75, 3.05) is 7.11 Å². The van der Waals surface area contributed by atoms with E-state index in [1.807, 2.05) is 6.07 Å². The van der Waals surface area contributed by atoms with Gasteiger partial charge >= 0.3 is 5.95 Å². The van der Waals surface area contributed by atoms with Crippen molar-refractivity contribution in [2.45, 2.75) is 6.42 Å². The molecule has 1 aromatic rings. The zero-order valence-electron chi connectivity index (χ0n) is 5.50. The number of hydrogen-bond acceptors (Lipinski definition) is 4. The van der Waals surface area contributed by atoms with E-state index in [0.717, 1.165) is 0 Å². The number of rotatable bonds is 2. The Hall–Kier alpha value is -1.50. The molecule has 0 aliphatic carbocycles. The lowest BCUT2D eigenvalue weighted by Crippen LogP contribution is -1.84. The van der Waals surface area contributed by atoms with Crippen LogP contribution in [-0.4, -0.2) is 12.3 Å². The molecule has 0 N–H and O–H groups in total. The fraction of sp³-hybridized carbons (Fsp3) is 0.333. The summed E-state index contributed by atoms with van der Waals surface area (Å²) in [4.78, 5) is 0. The van der Waals surface area contributed by atoms with Crippen molar-refractivity contribution in [3.8, 4) is 12.0 Å². The Morgan fingerprint density at radius 3 is 3.30 bits per heavy atom. The Bertz CT molecular complexity index is 248. The van der Waals surface area contributed by atoms with Crippen LogP contribution in [0.5, 0.6) is 5.95 Å². The fourth-order valence-electron chi connectivity index (χ4n) is 0.621. The third-order valence-corrected chi connectivity index (χ3v) is 1.06. The van der Waals surface area contributed by atoms with Gasteiger partial charge in [0.15, 0.2) is 0 Å². The summed E-state index contributed by atoms with van der Waals surface area (Å²) in [5.74, 6) is 0.321. The van der Waals surface area contributed by atoms with Crippen LogP contribution < -0.4 is 4.74 Å². The van der Waals surface area contributed by atoms with Gasteiger partial charge in [0.25, 0.3) is 0 Å². The average molecular weight is 138 g/mol. The van der Waals surface area contributed by atoms with Crippen LogP contribution in [0.15, 0.2) is 10.7 Å². The maximum Gasteiger partial charge on any atom is 0.315 e. The molecule has 1 heterocycles. The molecule has 0 aromatic carbocycles. The smallest absolute Gasteiger partial charge is 0.315 e. The monoisotopic (exact) mass is 138 g/mol. The second kappa shape index (κ2) is 2.87. The molecular formula is C6H6N2O2. The molecule has 0 spiro atoms. The van der Waals surface area contributed by atoms with Gasteiger partial charge in [0.05, 0.1) is 31.4 Å². The summed E-state index contributed by atoms with van der Waals surface area (Å²) in [7, 11) is 1.47. The van der Waals surface area contributed by atoms with Crippen molar-refractivity contribution in [3.63, 3.8) is 0 Å². The highest BCUT2D eigenvalue weighted by Crippen LogP contribution is 2.16. The minimum absolute atomic E-state index is 0.271. The molecule has 52 valence electrons. The molecule has 0 bridgehead atoms. The van der Waals surface area contributed by atoms with E-state index in [9.17, 15) is 0 Å². The molecule has 0 unspecified atom stereocenters. The molecule has 0 aliphatic heterocycles. The first-order valence-corrected chi connectivity index (χ1v) is 2.73. The summed E-state index contributed by atoms with van der Waals surface area (Å²) in [6.45, 7) is 0. The van der Waals surface area contributed by atoms with E-state index in [0.29, 0.717) is 11.5 Å². The van der Waals surface area contributed by atoms with Crippen molar-refractivity contribution < 1.29 is 9.26 Å². The number of ether oxygens (including phenoxy) is 1. The molecule has 1 rings (SSSR count). The van der Waals surface area contributed by atoms with Crippen LogP contribution >= 0.6 is 0 Å². The Balaban J connectivity index is 2.82. The highest BCUT2D eigenvalue weighted by Gasteiger charge is 2.05. The standard InChI is InChI=1S/C6H6N2O2/c1-9-6-5(2-3-7)4-8-10-6/h4H,2H2,1H3. The second-order valence-electron chi connectivity index (χ2n) is 1.68. The minimum atomic E-state index is 0.271. The van der Waals surface area contributed by atoms with Crippen molar-refractivity contribution in [1.29, 1.82) is 5.26 Å². The van der Waals surface area contributed by atoms with Gasteiger partial charge in [-0.2, -0.15) is 5.26 Å². The highest BCUT2D eigenvalue weighted by atomic mass is 16.6. The summed E-state index contributed by atoms with van der Waals surface area (Å²) >= 11 is 0. The van der Waals surface area contributed by atoms with Gasteiger partial charge in [-0.15, -0.1) is 0 Å². The second-order valence-corrected chi connectivity index (χ2v) is 1.68. The van der Waals surface area contributed by atoms with Gasteiger partial charge < -0.3 is 9.26 Å². The molecule has 4 heteroatoms. The number of aromatic nitrogens is 1. The van der Waals surface area contributed by atoms with Gasteiger partial charge in [-0.05, 0) is 0 Å². The molecule has 0 atom stereocenters. The molecule has 0 saturated carbocycles. The summed E-state index contributed by atoms with van der Waals surface area (Å²) in [6.07, 6.45) is 1.74. The predicted octanol–water partition coefficient (Wildman–Crippen LogP) is 0.749. The molecule has 0 radical (unpaired) electrons. The summed E-state index contributed by atoms with van der Waals surface area (Å²) in [5.41, 5.74) is 0.685. The molecule has 10 heavy (non-hydrogen) atoms. The van der Waals surface area contributed by atoms with Crippen LogP contribution in [0.25, 0.3) is 0 Å². The van der Waals surface area contributed by atoms with E-state index in [1.54, 1.807) is 0 Å². The van der Waals surface area contributed by atoms with Gasteiger partial charge in [-0.3, -0.25) is 0 Å². The first kappa shape index (κ1) is 6.62. The molecule has 0 saturated heterocycles. The maximum atomic E-state index is 8.28. The average Bonchev–Trinajstić information content (AvgIpc) is 2.36. The first-order valence-electron chi connectivity index (χ1n) is 2.73. The molecule has 1 aromatic heterocycles. The van der Waals surface area contributed by atoms with Crippen LogP contribution in [0.1, 0.15) is 5.56 Å². The number of nitriles is 1. The molecule has 4 nitrogen and oxygen atoms in total. The zero-order valence-corrected chi connectivity index (χ0v) is 5.50. The van der Waals surface area contributed by atoms with Crippen LogP contribution in [-0.2, 0) is 6.42 Å². The summed E-state index contributed by atoms with van der Waals surface area (Å²) < 4.78 is 9.40. The van der Waals surface area contributed by atoms with Gasteiger partial charge in [-0.25, -0.2) is 0 Å². The third-order valence-electron chi connectivity index (χ3n) is 1.06. The number of nitrogens with zero attached hydrogens (tertiary/aromatic N) is 2. The van der Waals surface area contributed by atoms with E-state index in [2.05, 4.69) is 9.68 Å². The van der Waals surface area contributed by atoms with Crippen LogP contribution in [0.2, 0.25) is 0 Å². The van der Waals surface area contributed by atoms with E-state index >= 15 is 0 Å². The van der Waals surface area contributed by atoms with E-state index < -0.39 is 0 Å². The topological polar surface area (TPSA) is 59.1 Å². The normalized spacial score (nSPS) is 8.80. The molecule has 0 fully saturated rings. The van der Waals surface area contributed by atoms with Crippen molar-refractivity contribution in [1.82, 2.24) is 5.16 Å². The van der Waals surface area contributed by atoms with E-state index in [-0.39, 0.29) is 6.42 Å². The lowest BCUT2D eigenvalue weighted by atomic mass is 10.3. The van der Waals surface area contributed by atoms with Gasteiger partial charge in [-0.1, -0.05) is 5.16 Å². The Morgan fingerprint density at radius 2 is 2.70 bits per heavy atom. The summed E-state index contributed by atoms with van der Waals surface area (Å²) in [6, 6.07) is 1.96. The summed E-state index contributed by atoms with van der Waals surface area (Å²) in [5, 5.41) is 11.7. The lowest BCUT2D eigenvalue weighted by molar-refractivity contribution is 0.258. The first-order chi connectivity index (χ1) is 4.88. The van der Waals surface area contributed by atoms with E-state index in [1.165, 1.54) is 13.3 Å². The molecule has 0 aliphatic rings. The molecular weight excluding hydrogens is 132 g/mol. The Labute approximate surface area is 58.0 Å². The van der Waals surface area contributed by atoms with Crippen LogP contribution in [0, 0.1) is 11.3 Å². The van der Waals surface area contributed by atoms with Gasteiger partial charge in [0, 0.05) is 0 Å². The largest absolute Gasteiger partial charge is 0.467 e. The molecule has 0 amide bonds. The number of hydrogen-bond donors (Lipinski definition) is 0. The Morgan fingerprint density at radius 1 is 1.90 bits per heavy atom. The van der Waals surface area contributed by atoms with Gasteiger partial charge in [0.1, 0.15) is 0 Å². The maximum absolute atomic E-state index is 8.28. The lowest BCUT2D eigenvalue weighted by Gasteiger charge is -1.90. The third kappa shape index (κ3) is 1.08. The van der Waals surface area contributed by atoms with Crippen molar-refractivity contribution >= 4 is 0 Å². The quantitative estimate of drug-likeness (QED) is 0.605. The number of methoxy groups -OCH3 is 1. The van der Waals surface area contributed by atoms with Gasteiger partial charge in [0.2, 0.25) is 0 Å². The fourth-order valence-corrected chi connectivity index (χ4v) is 0.621. The van der Waals surface area contributed by atoms with Crippen LogP contribution in [0.3, 0.4) is 0 Å². The van der Waals surface area contributed by atoms with E-state index in [4.69, 9.17) is 10.00 Å².